The Kier molecular flexibility index (Phi) is 4.29. The summed E-state index contributed by atoms with van der Waals surface area (Å²) >= 11 is 5.19. The van der Waals surface area contributed by atoms with Crippen LogP contribution in [0.5, 0.6) is 0 Å². The Balaban J connectivity index is 1.93. The predicted octanol–water partition coefficient (Wildman–Crippen LogP) is 3.29. The third-order valence-corrected chi connectivity index (χ3v) is 5.28. The highest BCUT2D eigenvalue weighted by atomic mass is 79.9. The van der Waals surface area contributed by atoms with Crippen LogP contribution in [0.15, 0.2) is 15.9 Å². The van der Waals surface area contributed by atoms with Gasteiger partial charge in [0.1, 0.15) is 0 Å². The van der Waals surface area contributed by atoms with Gasteiger partial charge in [-0.25, -0.2) is 0 Å². The first-order chi connectivity index (χ1) is 7.98. The van der Waals surface area contributed by atoms with Crippen molar-refractivity contribution in [2.24, 2.45) is 0 Å². The van der Waals surface area contributed by atoms with Crippen LogP contribution in [0.1, 0.15) is 31.6 Å². The molecule has 2 heterocycles. The highest BCUT2D eigenvalue weighted by molar-refractivity contribution is 9.10. The highest BCUT2D eigenvalue weighted by Crippen LogP contribution is 2.30. The summed E-state index contributed by atoms with van der Waals surface area (Å²) in [5.41, 5.74) is -0.490. The maximum absolute atomic E-state index is 10.6. The van der Waals surface area contributed by atoms with E-state index in [2.05, 4.69) is 46.1 Å². The van der Waals surface area contributed by atoms with Gasteiger partial charge in [-0.05, 0) is 48.7 Å². The first-order valence-corrected chi connectivity index (χ1v) is 7.85. The maximum Gasteiger partial charge on any atom is 0.0720 e. The number of piperidine rings is 1. The van der Waals surface area contributed by atoms with E-state index in [1.54, 1.807) is 11.3 Å². The number of halogens is 1. The molecule has 1 aromatic heterocycles. The van der Waals surface area contributed by atoms with Crippen molar-refractivity contribution < 1.29 is 5.11 Å². The van der Waals surface area contributed by atoms with Crippen LogP contribution in [0.3, 0.4) is 0 Å². The predicted molar refractivity (Wildman–Crippen MR) is 76.6 cm³/mol. The Morgan fingerprint density at radius 2 is 2.12 bits per heavy atom. The van der Waals surface area contributed by atoms with Crippen LogP contribution < -0.4 is 0 Å². The molecule has 17 heavy (non-hydrogen) atoms. The molecule has 0 bridgehead atoms. The molecule has 1 aliphatic heterocycles. The fourth-order valence-electron chi connectivity index (χ4n) is 2.40. The third kappa shape index (κ3) is 3.53. The number of nitrogens with zero attached hydrogens (tertiary/aromatic N) is 1. The second kappa shape index (κ2) is 5.39. The van der Waals surface area contributed by atoms with E-state index in [-0.39, 0.29) is 0 Å². The Labute approximate surface area is 116 Å². The summed E-state index contributed by atoms with van der Waals surface area (Å²) in [6.07, 6.45) is 2.58. The number of hydrogen-bond acceptors (Lipinski definition) is 3. The first kappa shape index (κ1) is 13.5. The molecular weight excluding hydrogens is 298 g/mol. The molecule has 1 fully saturated rings. The summed E-state index contributed by atoms with van der Waals surface area (Å²) in [6.45, 7) is 6.48. The molecule has 1 saturated heterocycles. The highest BCUT2D eigenvalue weighted by Gasteiger charge is 2.33. The Morgan fingerprint density at radius 1 is 1.47 bits per heavy atom. The van der Waals surface area contributed by atoms with Gasteiger partial charge in [-0.15, -0.1) is 11.3 Å². The molecule has 2 nitrogen and oxygen atoms in total. The first-order valence-electron chi connectivity index (χ1n) is 6.18. The minimum Gasteiger partial charge on any atom is -0.389 e. The topological polar surface area (TPSA) is 23.5 Å². The molecule has 1 N–H and O–H groups in total. The Morgan fingerprint density at radius 3 is 2.59 bits per heavy atom. The lowest BCUT2D eigenvalue weighted by Crippen LogP contribution is -2.47. The van der Waals surface area contributed by atoms with E-state index < -0.39 is 5.60 Å². The van der Waals surface area contributed by atoms with E-state index in [1.807, 2.05) is 0 Å². The van der Waals surface area contributed by atoms with Crippen molar-refractivity contribution in [3.05, 3.63) is 20.8 Å². The molecular formula is C13H20BrNOS. The summed E-state index contributed by atoms with van der Waals surface area (Å²) in [5, 5.41) is 12.7. The van der Waals surface area contributed by atoms with Gasteiger partial charge in [0.2, 0.25) is 0 Å². The monoisotopic (exact) mass is 317 g/mol. The van der Waals surface area contributed by atoms with Crippen LogP contribution in [0, 0.1) is 0 Å². The van der Waals surface area contributed by atoms with Crippen LogP contribution in [-0.4, -0.2) is 34.7 Å². The van der Waals surface area contributed by atoms with Crippen LogP contribution >= 0.6 is 27.3 Å². The fourth-order valence-corrected chi connectivity index (χ4v) is 3.99. The SMILES string of the molecule is CC(C)N1CCC(O)(Cc2cc(Br)cs2)CC1. The van der Waals surface area contributed by atoms with Crippen molar-refractivity contribution in [3.63, 3.8) is 0 Å². The quantitative estimate of drug-likeness (QED) is 0.924. The van der Waals surface area contributed by atoms with Gasteiger partial charge in [-0.3, -0.25) is 0 Å². The average Bonchev–Trinajstić information content (AvgIpc) is 2.63. The van der Waals surface area contributed by atoms with Gasteiger partial charge in [-0.1, -0.05) is 0 Å². The van der Waals surface area contributed by atoms with Gasteiger partial charge in [0.25, 0.3) is 0 Å². The van der Waals surface area contributed by atoms with Crippen LogP contribution in [0.25, 0.3) is 0 Å². The zero-order chi connectivity index (χ0) is 12.5. The molecule has 4 heteroatoms. The summed E-state index contributed by atoms with van der Waals surface area (Å²) in [4.78, 5) is 3.72. The average molecular weight is 318 g/mol. The van der Waals surface area contributed by atoms with Gasteiger partial charge < -0.3 is 10.0 Å². The zero-order valence-corrected chi connectivity index (χ0v) is 12.9. The molecule has 0 amide bonds. The van der Waals surface area contributed by atoms with Gasteiger partial charge in [0, 0.05) is 40.3 Å². The standard InChI is InChI=1S/C13H20BrNOS/c1-10(2)15-5-3-13(16,4-6-15)8-12-7-11(14)9-17-12/h7,9-10,16H,3-6,8H2,1-2H3. The normalized spacial score (nSPS) is 21.0. The summed E-state index contributed by atoms with van der Waals surface area (Å²) in [7, 11) is 0. The number of hydrogen-bond donors (Lipinski definition) is 1. The van der Waals surface area contributed by atoms with E-state index in [1.165, 1.54) is 4.88 Å². The van der Waals surface area contributed by atoms with E-state index in [0.29, 0.717) is 6.04 Å². The van der Waals surface area contributed by atoms with Crippen LogP contribution in [0.2, 0.25) is 0 Å². The number of thiophene rings is 1. The molecule has 0 spiro atoms. The molecule has 0 aliphatic carbocycles. The fraction of sp³-hybridized carbons (Fsp3) is 0.692. The van der Waals surface area contributed by atoms with Gasteiger partial charge in [0.15, 0.2) is 0 Å². The van der Waals surface area contributed by atoms with E-state index in [4.69, 9.17) is 0 Å². The zero-order valence-electron chi connectivity index (χ0n) is 10.4. The molecule has 1 aromatic rings. The second-order valence-electron chi connectivity index (χ2n) is 5.26. The molecule has 1 aliphatic rings. The lowest BCUT2D eigenvalue weighted by atomic mass is 9.87. The summed E-state index contributed by atoms with van der Waals surface area (Å²) in [6, 6.07) is 2.72. The van der Waals surface area contributed by atoms with Crippen molar-refractivity contribution in [2.45, 2.75) is 44.8 Å². The van der Waals surface area contributed by atoms with E-state index >= 15 is 0 Å². The van der Waals surface area contributed by atoms with Gasteiger partial charge in [0.05, 0.1) is 5.60 Å². The minimum atomic E-state index is -0.490. The van der Waals surface area contributed by atoms with Crippen molar-refractivity contribution in [1.29, 1.82) is 0 Å². The molecule has 0 unspecified atom stereocenters. The molecule has 96 valence electrons. The van der Waals surface area contributed by atoms with E-state index in [0.717, 1.165) is 36.8 Å². The smallest absolute Gasteiger partial charge is 0.0720 e. The van der Waals surface area contributed by atoms with Crippen molar-refractivity contribution in [1.82, 2.24) is 4.90 Å². The second-order valence-corrected chi connectivity index (χ2v) is 7.17. The van der Waals surface area contributed by atoms with Crippen molar-refractivity contribution >= 4 is 27.3 Å². The summed E-state index contributed by atoms with van der Waals surface area (Å²) in [5.74, 6) is 0. The molecule has 0 radical (unpaired) electrons. The summed E-state index contributed by atoms with van der Waals surface area (Å²) < 4.78 is 1.13. The van der Waals surface area contributed by atoms with Gasteiger partial charge >= 0.3 is 0 Å². The largest absolute Gasteiger partial charge is 0.389 e. The number of likely N-dealkylation sites (tertiary alicyclic amines) is 1. The molecule has 0 atom stereocenters. The van der Waals surface area contributed by atoms with Crippen molar-refractivity contribution in [2.75, 3.05) is 13.1 Å². The Bertz CT molecular complexity index is 369. The number of rotatable bonds is 3. The maximum atomic E-state index is 10.6. The van der Waals surface area contributed by atoms with Gasteiger partial charge in [-0.2, -0.15) is 0 Å². The lowest BCUT2D eigenvalue weighted by Gasteiger charge is -2.39. The van der Waals surface area contributed by atoms with Crippen LogP contribution in [-0.2, 0) is 6.42 Å². The number of aliphatic hydroxyl groups is 1. The minimum absolute atomic E-state index is 0.490. The van der Waals surface area contributed by atoms with Crippen LogP contribution in [0.4, 0.5) is 0 Å². The Hall–Kier alpha value is 0.1000. The third-order valence-electron chi connectivity index (χ3n) is 3.58. The molecule has 2 rings (SSSR count). The molecule has 0 aromatic carbocycles. The lowest BCUT2D eigenvalue weighted by molar-refractivity contribution is -0.0265. The van der Waals surface area contributed by atoms with Crippen molar-refractivity contribution in [3.8, 4) is 0 Å². The molecule has 0 saturated carbocycles. The van der Waals surface area contributed by atoms with E-state index in [9.17, 15) is 5.11 Å².